The Bertz CT molecular complexity index is 605. The van der Waals surface area contributed by atoms with Crippen LogP contribution in [0.25, 0.3) is 10.9 Å². The lowest BCUT2D eigenvalue weighted by molar-refractivity contribution is 0.277. The highest BCUT2D eigenvalue weighted by Crippen LogP contribution is 2.32. The summed E-state index contributed by atoms with van der Waals surface area (Å²) in [7, 11) is 0. The zero-order chi connectivity index (χ0) is 14.7. The highest BCUT2D eigenvalue weighted by molar-refractivity contribution is 5.92. The van der Waals surface area contributed by atoms with E-state index in [-0.39, 0.29) is 6.61 Å². The molecule has 1 aromatic heterocycles. The molecule has 3 heteroatoms. The van der Waals surface area contributed by atoms with Crippen molar-refractivity contribution in [3.63, 3.8) is 0 Å². The molecule has 0 amide bonds. The number of anilines is 1. The normalized spacial score (nSPS) is 16.3. The van der Waals surface area contributed by atoms with Crippen LogP contribution in [-0.2, 0) is 6.61 Å². The average Bonchev–Trinajstić information content (AvgIpc) is 2.56. The molecule has 1 fully saturated rings. The van der Waals surface area contributed by atoms with Crippen LogP contribution in [0.5, 0.6) is 0 Å². The number of aliphatic hydroxyl groups is 1. The van der Waals surface area contributed by atoms with Gasteiger partial charge in [-0.3, -0.25) is 4.98 Å². The number of fused-ring (bicyclic) bond motifs is 1. The van der Waals surface area contributed by atoms with Gasteiger partial charge in [0.05, 0.1) is 17.8 Å². The third kappa shape index (κ3) is 2.88. The quantitative estimate of drug-likeness (QED) is 0.925. The summed E-state index contributed by atoms with van der Waals surface area (Å²) in [6, 6.07) is 11.0. The fraction of sp³-hybridized carbons (Fsp3) is 0.500. The number of nitrogens with zero attached hydrogens (tertiary/aromatic N) is 2. The van der Waals surface area contributed by atoms with E-state index in [0.29, 0.717) is 6.04 Å². The maximum atomic E-state index is 9.51. The van der Waals surface area contributed by atoms with Crippen LogP contribution in [0.4, 0.5) is 5.69 Å². The van der Waals surface area contributed by atoms with Crippen LogP contribution in [0.15, 0.2) is 30.3 Å². The molecular formula is C18H24N2O. The van der Waals surface area contributed by atoms with Crippen molar-refractivity contribution in [2.45, 2.75) is 51.7 Å². The number of para-hydroxylation sites is 1. The minimum Gasteiger partial charge on any atom is -0.390 e. The molecule has 112 valence electrons. The maximum Gasteiger partial charge on any atom is 0.0854 e. The molecule has 2 aromatic rings. The van der Waals surface area contributed by atoms with Crippen LogP contribution < -0.4 is 4.90 Å². The number of benzene rings is 1. The summed E-state index contributed by atoms with van der Waals surface area (Å²) >= 11 is 0. The number of hydrogen-bond donors (Lipinski definition) is 1. The van der Waals surface area contributed by atoms with Gasteiger partial charge in [0.1, 0.15) is 0 Å². The number of hydrogen-bond acceptors (Lipinski definition) is 3. The van der Waals surface area contributed by atoms with Crippen LogP contribution >= 0.6 is 0 Å². The van der Waals surface area contributed by atoms with Gasteiger partial charge in [-0.2, -0.15) is 0 Å². The van der Waals surface area contributed by atoms with E-state index in [2.05, 4.69) is 35.0 Å². The third-order valence-electron chi connectivity index (χ3n) is 4.57. The minimum absolute atomic E-state index is 0.0000548. The van der Waals surface area contributed by atoms with Crippen LogP contribution in [-0.4, -0.2) is 22.7 Å². The second-order valence-electron chi connectivity index (χ2n) is 5.89. The molecule has 0 saturated heterocycles. The van der Waals surface area contributed by atoms with Gasteiger partial charge < -0.3 is 10.0 Å². The standard InChI is InChI=1S/C18H24N2O/c1-2-20(15-8-4-3-5-9-15)18-12-14(13-21)19-17-11-7-6-10-16(17)18/h6-7,10-12,15,21H,2-5,8-9,13H2,1H3. The number of aliphatic hydroxyl groups excluding tert-OH is 1. The maximum absolute atomic E-state index is 9.51. The first-order valence-electron chi connectivity index (χ1n) is 8.09. The van der Waals surface area contributed by atoms with E-state index >= 15 is 0 Å². The summed E-state index contributed by atoms with van der Waals surface area (Å²) < 4.78 is 0. The minimum atomic E-state index is 0.0000548. The molecule has 1 aliphatic rings. The molecule has 0 radical (unpaired) electrons. The molecule has 0 aliphatic heterocycles. The topological polar surface area (TPSA) is 36.4 Å². The number of pyridine rings is 1. The van der Waals surface area contributed by atoms with E-state index < -0.39 is 0 Å². The predicted molar refractivity (Wildman–Crippen MR) is 87.6 cm³/mol. The molecule has 3 rings (SSSR count). The second-order valence-corrected chi connectivity index (χ2v) is 5.89. The molecule has 0 atom stereocenters. The summed E-state index contributed by atoms with van der Waals surface area (Å²) in [5, 5.41) is 10.7. The van der Waals surface area contributed by atoms with Gasteiger partial charge in [0.15, 0.2) is 0 Å². The third-order valence-corrected chi connectivity index (χ3v) is 4.57. The monoisotopic (exact) mass is 284 g/mol. The molecule has 0 bridgehead atoms. The van der Waals surface area contributed by atoms with Crippen molar-refractivity contribution in [2.24, 2.45) is 0 Å². The van der Waals surface area contributed by atoms with E-state index in [1.807, 2.05) is 12.1 Å². The molecule has 0 unspecified atom stereocenters. The van der Waals surface area contributed by atoms with Gasteiger partial charge in [-0.25, -0.2) is 0 Å². The molecule has 21 heavy (non-hydrogen) atoms. The van der Waals surface area contributed by atoms with Crippen molar-refractivity contribution >= 4 is 16.6 Å². The van der Waals surface area contributed by atoms with Crippen molar-refractivity contribution in [1.82, 2.24) is 4.98 Å². The first-order valence-corrected chi connectivity index (χ1v) is 8.09. The van der Waals surface area contributed by atoms with Gasteiger partial charge in [0.2, 0.25) is 0 Å². The van der Waals surface area contributed by atoms with E-state index in [4.69, 9.17) is 0 Å². The average molecular weight is 284 g/mol. The van der Waals surface area contributed by atoms with Crippen molar-refractivity contribution in [3.8, 4) is 0 Å². The Morgan fingerprint density at radius 2 is 1.95 bits per heavy atom. The fourth-order valence-electron chi connectivity index (χ4n) is 3.55. The van der Waals surface area contributed by atoms with Gasteiger partial charge in [-0.05, 0) is 31.9 Å². The van der Waals surface area contributed by atoms with Crippen molar-refractivity contribution in [2.75, 3.05) is 11.4 Å². The number of rotatable bonds is 4. The van der Waals surface area contributed by atoms with Crippen LogP contribution in [0, 0.1) is 0 Å². The Kier molecular flexibility index (Phi) is 4.39. The van der Waals surface area contributed by atoms with Gasteiger partial charge >= 0.3 is 0 Å². The van der Waals surface area contributed by atoms with E-state index in [9.17, 15) is 5.11 Å². The smallest absolute Gasteiger partial charge is 0.0854 e. The molecular weight excluding hydrogens is 260 g/mol. The zero-order valence-electron chi connectivity index (χ0n) is 12.8. The Balaban J connectivity index is 2.07. The Morgan fingerprint density at radius 3 is 2.67 bits per heavy atom. The van der Waals surface area contributed by atoms with E-state index in [0.717, 1.165) is 17.8 Å². The highest BCUT2D eigenvalue weighted by Gasteiger charge is 2.22. The molecule has 1 N–H and O–H groups in total. The van der Waals surface area contributed by atoms with Crippen LogP contribution in [0.2, 0.25) is 0 Å². The largest absolute Gasteiger partial charge is 0.390 e. The Hall–Kier alpha value is -1.61. The van der Waals surface area contributed by atoms with Gasteiger partial charge in [-0.1, -0.05) is 37.5 Å². The van der Waals surface area contributed by atoms with E-state index in [1.54, 1.807) is 0 Å². The van der Waals surface area contributed by atoms with Crippen molar-refractivity contribution in [1.29, 1.82) is 0 Å². The van der Waals surface area contributed by atoms with E-state index in [1.165, 1.54) is 43.2 Å². The molecule has 1 aliphatic carbocycles. The van der Waals surface area contributed by atoms with Crippen LogP contribution in [0.3, 0.4) is 0 Å². The first-order chi connectivity index (χ1) is 10.3. The highest BCUT2D eigenvalue weighted by atomic mass is 16.3. The van der Waals surface area contributed by atoms with Gasteiger partial charge in [0.25, 0.3) is 0 Å². The molecule has 1 heterocycles. The lowest BCUT2D eigenvalue weighted by atomic mass is 9.93. The predicted octanol–water partition coefficient (Wildman–Crippen LogP) is 3.89. The number of aromatic nitrogens is 1. The molecule has 1 saturated carbocycles. The van der Waals surface area contributed by atoms with Crippen LogP contribution in [0.1, 0.15) is 44.7 Å². The Labute approximate surface area is 126 Å². The second kappa shape index (κ2) is 6.44. The van der Waals surface area contributed by atoms with Crippen molar-refractivity contribution in [3.05, 3.63) is 36.0 Å². The first kappa shape index (κ1) is 14.3. The molecule has 0 spiro atoms. The van der Waals surface area contributed by atoms with Gasteiger partial charge in [-0.15, -0.1) is 0 Å². The summed E-state index contributed by atoms with van der Waals surface area (Å²) in [6.45, 7) is 3.23. The summed E-state index contributed by atoms with van der Waals surface area (Å²) in [6.07, 6.45) is 6.58. The Morgan fingerprint density at radius 1 is 1.19 bits per heavy atom. The SMILES string of the molecule is CCN(c1cc(CO)nc2ccccc12)C1CCCCC1. The summed E-state index contributed by atoms with van der Waals surface area (Å²) in [5.74, 6) is 0. The summed E-state index contributed by atoms with van der Waals surface area (Å²) in [4.78, 5) is 7.06. The lowest BCUT2D eigenvalue weighted by Gasteiger charge is -2.36. The van der Waals surface area contributed by atoms with Gasteiger partial charge in [0, 0.05) is 23.7 Å². The fourth-order valence-corrected chi connectivity index (χ4v) is 3.55. The lowest BCUT2D eigenvalue weighted by Crippen LogP contribution is -2.37. The summed E-state index contributed by atoms with van der Waals surface area (Å²) in [5.41, 5.74) is 2.98. The molecule has 1 aromatic carbocycles. The van der Waals surface area contributed by atoms with Crippen molar-refractivity contribution < 1.29 is 5.11 Å². The zero-order valence-corrected chi connectivity index (χ0v) is 12.8. The molecule has 3 nitrogen and oxygen atoms in total.